The molecule has 1 fully saturated rings. The minimum absolute atomic E-state index is 0.107. The molecule has 0 bridgehead atoms. The van der Waals surface area contributed by atoms with Crippen molar-refractivity contribution in [2.45, 2.75) is 13.0 Å². The Balaban J connectivity index is 2.28. The quantitative estimate of drug-likeness (QED) is 0.926. The van der Waals surface area contributed by atoms with Crippen molar-refractivity contribution in [1.82, 2.24) is 9.80 Å². The maximum atomic E-state index is 12.0. The molecule has 1 N–H and O–H groups in total. The van der Waals surface area contributed by atoms with E-state index in [1.807, 2.05) is 25.1 Å². The summed E-state index contributed by atoms with van der Waals surface area (Å²) in [5, 5.41) is 8.81. The molecule has 6 heteroatoms. The smallest absolute Gasteiger partial charge is 0.323 e. The topological polar surface area (TPSA) is 60.9 Å². The molecular weight excluding hydrogens is 312 g/mol. The van der Waals surface area contributed by atoms with E-state index in [-0.39, 0.29) is 18.6 Å². The van der Waals surface area contributed by atoms with E-state index in [1.165, 1.54) is 4.90 Å². The van der Waals surface area contributed by atoms with Crippen LogP contribution in [0.1, 0.15) is 17.2 Å². The monoisotopic (exact) mass is 326 g/mol. The van der Waals surface area contributed by atoms with Gasteiger partial charge in [-0.1, -0.05) is 22.0 Å². The van der Waals surface area contributed by atoms with E-state index < -0.39 is 5.97 Å². The summed E-state index contributed by atoms with van der Waals surface area (Å²) in [6.45, 7) is 2.13. The predicted molar refractivity (Wildman–Crippen MR) is 74.0 cm³/mol. The number of carbonyl (C=O) groups is 2. The van der Waals surface area contributed by atoms with Crippen molar-refractivity contribution in [3.05, 3.63) is 33.8 Å². The fourth-order valence-electron chi connectivity index (χ4n) is 2.34. The molecule has 2 amide bonds. The minimum atomic E-state index is -0.992. The number of urea groups is 1. The number of carboxylic acid groups (broad SMARTS) is 1. The Morgan fingerprint density at radius 1 is 1.53 bits per heavy atom. The molecular formula is C13H15BrN2O3. The third kappa shape index (κ3) is 2.73. The van der Waals surface area contributed by atoms with E-state index in [0.717, 1.165) is 15.6 Å². The Bertz CT molecular complexity index is 533. The van der Waals surface area contributed by atoms with Crippen LogP contribution < -0.4 is 0 Å². The molecule has 0 aliphatic carbocycles. The zero-order valence-electron chi connectivity index (χ0n) is 10.8. The summed E-state index contributed by atoms with van der Waals surface area (Å²) in [5.41, 5.74) is 2.13. The van der Waals surface area contributed by atoms with Crippen LogP contribution in [0.3, 0.4) is 0 Å². The van der Waals surface area contributed by atoms with E-state index in [1.54, 1.807) is 11.9 Å². The molecule has 1 aromatic rings. The largest absolute Gasteiger partial charge is 0.480 e. The van der Waals surface area contributed by atoms with Crippen molar-refractivity contribution in [3.8, 4) is 0 Å². The number of amides is 2. The molecule has 0 spiro atoms. The van der Waals surface area contributed by atoms with E-state index in [9.17, 15) is 9.59 Å². The first kappa shape index (κ1) is 13.9. The average Bonchev–Trinajstić information content (AvgIpc) is 2.60. The lowest BCUT2D eigenvalue weighted by Crippen LogP contribution is -2.33. The standard InChI is InChI=1S/C13H15BrN2O3/c1-8-3-4-9(14)5-10(8)11-6-16(7-12(17)18)13(19)15(11)2/h3-5,11H,6-7H2,1-2H3,(H,17,18). The third-order valence-corrected chi connectivity index (χ3v) is 3.85. The number of hydrogen-bond donors (Lipinski definition) is 1. The fraction of sp³-hybridized carbons (Fsp3) is 0.385. The molecule has 102 valence electrons. The second-order valence-electron chi connectivity index (χ2n) is 4.68. The summed E-state index contributed by atoms with van der Waals surface area (Å²) in [6.07, 6.45) is 0. The van der Waals surface area contributed by atoms with Gasteiger partial charge in [0.15, 0.2) is 0 Å². The van der Waals surface area contributed by atoms with Crippen LogP contribution in [0.2, 0.25) is 0 Å². The Hall–Kier alpha value is -1.56. The highest BCUT2D eigenvalue weighted by molar-refractivity contribution is 9.10. The first-order chi connectivity index (χ1) is 8.90. The van der Waals surface area contributed by atoms with Crippen LogP contribution in [0.15, 0.2) is 22.7 Å². The van der Waals surface area contributed by atoms with Gasteiger partial charge in [-0.2, -0.15) is 0 Å². The van der Waals surface area contributed by atoms with E-state index in [2.05, 4.69) is 15.9 Å². The number of benzene rings is 1. The zero-order chi connectivity index (χ0) is 14.2. The molecule has 1 aromatic carbocycles. The van der Waals surface area contributed by atoms with Crippen molar-refractivity contribution >= 4 is 27.9 Å². The van der Waals surface area contributed by atoms with Crippen LogP contribution in [0.25, 0.3) is 0 Å². The lowest BCUT2D eigenvalue weighted by Gasteiger charge is -2.20. The highest BCUT2D eigenvalue weighted by Gasteiger charge is 2.36. The van der Waals surface area contributed by atoms with Gasteiger partial charge < -0.3 is 14.9 Å². The SMILES string of the molecule is Cc1ccc(Br)cc1C1CN(CC(=O)O)C(=O)N1C. The molecule has 0 radical (unpaired) electrons. The van der Waals surface area contributed by atoms with Crippen LogP contribution in [-0.2, 0) is 4.79 Å². The molecule has 1 unspecified atom stereocenters. The van der Waals surface area contributed by atoms with Gasteiger partial charge >= 0.3 is 12.0 Å². The number of halogens is 1. The molecule has 5 nitrogen and oxygen atoms in total. The Labute approximate surface area is 119 Å². The lowest BCUT2D eigenvalue weighted by atomic mass is 10.0. The Morgan fingerprint density at radius 2 is 2.21 bits per heavy atom. The van der Waals surface area contributed by atoms with E-state index >= 15 is 0 Å². The van der Waals surface area contributed by atoms with Gasteiger partial charge in [0.25, 0.3) is 0 Å². The summed E-state index contributed by atoms with van der Waals surface area (Å²) < 4.78 is 0.950. The molecule has 1 atom stereocenters. The summed E-state index contributed by atoms with van der Waals surface area (Å²) in [7, 11) is 1.70. The molecule has 1 heterocycles. The second-order valence-corrected chi connectivity index (χ2v) is 5.60. The van der Waals surface area contributed by atoms with Gasteiger partial charge in [-0.05, 0) is 30.2 Å². The number of carboxylic acids is 1. The molecule has 1 aliphatic rings. The van der Waals surface area contributed by atoms with Crippen molar-refractivity contribution in [2.75, 3.05) is 20.1 Å². The normalized spacial score (nSPS) is 19.1. The van der Waals surface area contributed by atoms with Gasteiger partial charge in [0.05, 0.1) is 6.04 Å². The van der Waals surface area contributed by atoms with Gasteiger partial charge in [-0.15, -0.1) is 0 Å². The molecule has 0 aromatic heterocycles. The fourth-order valence-corrected chi connectivity index (χ4v) is 2.72. The highest BCUT2D eigenvalue weighted by Crippen LogP contribution is 2.31. The first-order valence-corrected chi connectivity index (χ1v) is 6.69. The molecule has 2 rings (SSSR count). The van der Waals surface area contributed by atoms with Gasteiger partial charge in [0, 0.05) is 18.1 Å². The van der Waals surface area contributed by atoms with Crippen LogP contribution in [0.4, 0.5) is 4.79 Å². The van der Waals surface area contributed by atoms with Crippen molar-refractivity contribution < 1.29 is 14.7 Å². The highest BCUT2D eigenvalue weighted by atomic mass is 79.9. The Morgan fingerprint density at radius 3 is 2.84 bits per heavy atom. The summed E-state index contributed by atoms with van der Waals surface area (Å²) in [5.74, 6) is -0.992. The third-order valence-electron chi connectivity index (χ3n) is 3.36. The average molecular weight is 327 g/mol. The Kier molecular flexibility index (Phi) is 3.80. The van der Waals surface area contributed by atoms with Crippen LogP contribution in [0.5, 0.6) is 0 Å². The predicted octanol–water partition coefficient (Wildman–Crippen LogP) is 2.25. The molecule has 19 heavy (non-hydrogen) atoms. The second kappa shape index (κ2) is 5.21. The van der Waals surface area contributed by atoms with Crippen LogP contribution in [-0.4, -0.2) is 47.0 Å². The number of carbonyl (C=O) groups excluding carboxylic acids is 1. The van der Waals surface area contributed by atoms with Crippen molar-refractivity contribution in [1.29, 1.82) is 0 Å². The van der Waals surface area contributed by atoms with Gasteiger partial charge in [-0.3, -0.25) is 4.79 Å². The minimum Gasteiger partial charge on any atom is -0.480 e. The van der Waals surface area contributed by atoms with Crippen LogP contribution >= 0.6 is 15.9 Å². The van der Waals surface area contributed by atoms with Crippen molar-refractivity contribution in [3.63, 3.8) is 0 Å². The van der Waals surface area contributed by atoms with Gasteiger partial charge in [-0.25, -0.2) is 4.79 Å². The van der Waals surface area contributed by atoms with E-state index in [0.29, 0.717) is 6.54 Å². The van der Waals surface area contributed by atoms with Crippen molar-refractivity contribution in [2.24, 2.45) is 0 Å². The summed E-state index contributed by atoms with van der Waals surface area (Å²) in [4.78, 5) is 25.7. The number of likely N-dealkylation sites (N-methyl/N-ethyl adjacent to an activating group) is 1. The molecule has 1 aliphatic heterocycles. The summed E-state index contributed by atoms with van der Waals surface area (Å²) in [6, 6.07) is 5.56. The summed E-state index contributed by atoms with van der Waals surface area (Å²) >= 11 is 3.42. The van der Waals surface area contributed by atoms with Gasteiger partial charge in [0.1, 0.15) is 6.54 Å². The zero-order valence-corrected chi connectivity index (χ0v) is 12.3. The maximum absolute atomic E-state index is 12.0. The number of aryl methyl sites for hydroxylation is 1. The van der Waals surface area contributed by atoms with Crippen LogP contribution in [0, 0.1) is 6.92 Å². The lowest BCUT2D eigenvalue weighted by molar-refractivity contribution is -0.137. The number of nitrogens with zero attached hydrogens (tertiary/aromatic N) is 2. The number of rotatable bonds is 3. The molecule has 0 saturated carbocycles. The first-order valence-electron chi connectivity index (χ1n) is 5.89. The number of hydrogen-bond acceptors (Lipinski definition) is 2. The molecule has 1 saturated heterocycles. The van der Waals surface area contributed by atoms with Gasteiger partial charge in [0.2, 0.25) is 0 Å². The maximum Gasteiger partial charge on any atom is 0.323 e. The van der Waals surface area contributed by atoms with E-state index in [4.69, 9.17) is 5.11 Å². The number of aliphatic carboxylic acids is 1.